The van der Waals surface area contributed by atoms with E-state index in [1.54, 1.807) is 24.3 Å². The fourth-order valence-electron chi connectivity index (χ4n) is 3.10. The zero-order chi connectivity index (χ0) is 18.9. The van der Waals surface area contributed by atoms with Crippen LogP contribution in [0.15, 0.2) is 24.3 Å². The van der Waals surface area contributed by atoms with E-state index < -0.39 is 0 Å². The Morgan fingerprint density at radius 2 is 1.93 bits per heavy atom. The number of hydrogen-bond acceptors (Lipinski definition) is 4. The Kier molecular flexibility index (Phi) is 10.7. The lowest BCUT2D eigenvalue weighted by Gasteiger charge is -2.33. The highest BCUT2D eigenvalue weighted by Crippen LogP contribution is 2.26. The van der Waals surface area contributed by atoms with Gasteiger partial charge in [0.05, 0.1) is 16.7 Å². The molecule has 2 amide bonds. The molecule has 0 saturated heterocycles. The number of amides is 2. The minimum absolute atomic E-state index is 0. The third-order valence-electron chi connectivity index (χ3n) is 4.58. The van der Waals surface area contributed by atoms with Crippen molar-refractivity contribution in [2.75, 3.05) is 19.7 Å². The van der Waals surface area contributed by atoms with Crippen molar-refractivity contribution in [1.29, 1.82) is 0 Å². The monoisotopic (exact) mass is 417 g/mol. The Morgan fingerprint density at radius 1 is 1.22 bits per heavy atom. The van der Waals surface area contributed by atoms with E-state index in [1.165, 1.54) is 0 Å². The summed E-state index contributed by atoms with van der Waals surface area (Å²) in [5, 5.41) is 6.05. The molecule has 0 radical (unpaired) electrons. The van der Waals surface area contributed by atoms with Crippen molar-refractivity contribution in [2.45, 2.75) is 44.8 Å². The van der Waals surface area contributed by atoms with Crippen LogP contribution in [-0.4, -0.2) is 43.7 Å². The van der Waals surface area contributed by atoms with Crippen LogP contribution in [0.25, 0.3) is 0 Å². The van der Waals surface area contributed by atoms with Crippen molar-refractivity contribution < 1.29 is 14.3 Å². The van der Waals surface area contributed by atoms with Gasteiger partial charge in [-0.2, -0.15) is 0 Å². The molecule has 1 aliphatic carbocycles. The van der Waals surface area contributed by atoms with Gasteiger partial charge in [0.15, 0.2) is 0 Å². The predicted molar refractivity (Wildman–Crippen MR) is 109 cm³/mol. The normalized spacial score (nSPS) is 21.8. The SMILES string of the molecule is CCCO[C@H]1C[C@@H](C(=O)NCCNC(=O)c2ccccc2Cl)CC[C@@H]1N.Cl. The summed E-state index contributed by atoms with van der Waals surface area (Å²) in [7, 11) is 0. The molecule has 0 heterocycles. The zero-order valence-corrected chi connectivity index (χ0v) is 17.2. The number of carbonyl (C=O) groups excluding carboxylic acids is 2. The average molecular weight is 418 g/mol. The van der Waals surface area contributed by atoms with Gasteiger partial charge in [0.2, 0.25) is 5.91 Å². The first-order valence-electron chi connectivity index (χ1n) is 9.20. The zero-order valence-electron chi connectivity index (χ0n) is 15.6. The minimum Gasteiger partial charge on any atom is -0.377 e. The lowest BCUT2D eigenvalue weighted by atomic mass is 9.83. The molecule has 1 fully saturated rings. The fourth-order valence-corrected chi connectivity index (χ4v) is 3.32. The molecule has 4 N–H and O–H groups in total. The van der Waals surface area contributed by atoms with Gasteiger partial charge in [-0.05, 0) is 37.8 Å². The lowest BCUT2D eigenvalue weighted by Crippen LogP contribution is -2.46. The second-order valence-electron chi connectivity index (χ2n) is 6.61. The van der Waals surface area contributed by atoms with E-state index in [2.05, 4.69) is 17.6 Å². The third-order valence-corrected chi connectivity index (χ3v) is 4.91. The number of nitrogens with two attached hydrogens (primary N) is 1. The largest absolute Gasteiger partial charge is 0.377 e. The average Bonchev–Trinajstić information content (AvgIpc) is 2.64. The molecule has 0 bridgehead atoms. The molecular weight excluding hydrogens is 389 g/mol. The van der Waals surface area contributed by atoms with Crippen molar-refractivity contribution in [1.82, 2.24) is 10.6 Å². The third kappa shape index (κ3) is 7.30. The first-order chi connectivity index (χ1) is 12.5. The number of carbonyl (C=O) groups is 2. The van der Waals surface area contributed by atoms with Crippen LogP contribution in [0.4, 0.5) is 0 Å². The predicted octanol–water partition coefficient (Wildman–Crippen LogP) is 2.53. The van der Waals surface area contributed by atoms with Gasteiger partial charge >= 0.3 is 0 Å². The quantitative estimate of drug-likeness (QED) is 0.566. The Labute approximate surface area is 172 Å². The van der Waals surface area contributed by atoms with Gasteiger partial charge in [-0.1, -0.05) is 30.7 Å². The summed E-state index contributed by atoms with van der Waals surface area (Å²) in [5.41, 5.74) is 6.52. The Bertz CT molecular complexity index is 616. The van der Waals surface area contributed by atoms with E-state index in [4.69, 9.17) is 22.1 Å². The highest BCUT2D eigenvalue weighted by atomic mass is 35.5. The standard InChI is InChI=1S/C19H28ClN3O3.ClH/c1-2-11-26-17-12-13(7-8-16(17)21)18(24)22-9-10-23-19(25)14-5-3-4-6-15(14)20;/h3-6,13,16-17H,2,7-12,21H2,1H3,(H,22,24)(H,23,25);1H/t13-,16-,17-;/m0./s1. The van der Waals surface area contributed by atoms with Gasteiger partial charge in [0.1, 0.15) is 0 Å². The van der Waals surface area contributed by atoms with Crippen LogP contribution in [-0.2, 0) is 9.53 Å². The van der Waals surface area contributed by atoms with Crippen LogP contribution < -0.4 is 16.4 Å². The van der Waals surface area contributed by atoms with Crippen molar-refractivity contribution in [3.63, 3.8) is 0 Å². The van der Waals surface area contributed by atoms with E-state index in [0.717, 1.165) is 19.3 Å². The number of ether oxygens (including phenoxy) is 1. The highest BCUT2D eigenvalue weighted by molar-refractivity contribution is 6.33. The van der Waals surface area contributed by atoms with Crippen LogP contribution >= 0.6 is 24.0 Å². The van der Waals surface area contributed by atoms with E-state index in [-0.39, 0.29) is 42.3 Å². The molecule has 27 heavy (non-hydrogen) atoms. The maximum atomic E-state index is 12.4. The summed E-state index contributed by atoms with van der Waals surface area (Å²) in [4.78, 5) is 24.4. The molecule has 1 saturated carbocycles. The Balaban J connectivity index is 0.00000364. The molecule has 0 aliphatic heterocycles. The minimum atomic E-state index is -0.249. The van der Waals surface area contributed by atoms with Crippen LogP contribution in [0.3, 0.4) is 0 Å². The van der Waals surface area contributed by atoms with Gasteiger partial charge in [-0.15, -0.1) is 12.4 Å². The first-order valence-corrected chi connectivity index (χ1v) is 9.58. The number of halogens is 2. The molecule has 0 aromatic heterocycles. The summed E-state index contributed by atoms with van der Waals surface area (Å²) in [5.74, 6) is -0.341. The Hall–Kier alpha value is -1.34. The van der Waals surface area contributed by atoms with Crippen molar-refractivity contribution in [3.8, 4) is 0 Å². The summed E-state index contributed by atoms with van der Waals surface area (Å²) in [6, 6.07) is 6.86. The van der Waals surface area contributed by atoms with Crippen molar-refractivity contribution in [2.24, 2.45) is 11.7 Å². The van der Waals surface area contributed by atoms with Gasteiger partial charge in [0, 0.05) is 31.7 Å². The summed E-state index contributed by atoms with van der Waals surface area (Å²) in [6.45, 7) is 3.44. The maximum Gasteiger partial charge on any atom is 0.252 e. The molecule has 1 aromatic carbocycles. The van der Waals surface area contributed by atoms with E-state index >= 15 is 0 Å². The second kappa shape index (κ2) is 12.2. The van der Waals surface area contributed by atoms with Gasteiger partial charge in [0.25, 0.3) is 5.91 Å². The van der Waals surface area contributed by atoms with Crippen LogP contribution in [0.1, 0.15) is 43.0 Å². The maximum absolute atomic E-state index is 12.4. The summed E-state index contributed by atoms with van der Waals surface area (Å²) < 4.78 is 5.77. The number of nitrogens with one attached hydrogen (secondary N) is 2. The van der Waals surface area contributed by atoms with E-state index in [0.29, 0.717) is 36.7 Å². The molecule has 8 heteroatoms. The first kappa shape index (κ1) is 23.7. The van der Waals surface area contributed by atoms with Crippen LogP contribution in [0.2, 0.25) is 5.02 Å². The van der Waals surface area contributed by atoms with Gasteiger partial charge in [-0.3, -0.25) is 9.59 Å². The van der Waals surface area contributed by atoms with Crippen molar-refractivity contribution >= 4 is 35.8 Å². The Morgan fingerprint density at radius 3 is 2.63 bits per heavy atom. The fraction of sp³-hybridized carbons (Fsp3) is 0.579. The highest BCUT2D eigenvalue weighted by Gasteiger charge is 2.32. The van der Waals surface area contributed by atoms with Crippen LogP contribution in [0.5, 0.6) is 0 Å². The molecule has 2 rings (SSSR count). The molecule has 1 aliphatic rings. The van der Waals surface area contributed by atoms with E-state index in [1.807, 2.05) is 0 Å². The second-order valence-corrected chi connectivity index (χ2v) is 7.02. The van der Waals surface area contributed by atoms with Gasteiger partial charge < -0.3 is 21.1 Å². The number of benzene rings is 1. The van der Waals surface area contributed by atoms with Crippen molar-refractivity contribution in [3.05, 3.63) is 34.9 Å². The molecular formula is C19H29Cl2N3O3. The number of hydrogen-bond donors (Lipinski definition) is 3. The molecule has 6 nitrogen and oxygen atoms in total. The molecule has 3 atom stereocenters. The molecule has 152 valence electrons. The van der Waals surface area contributed by atoms with Crippen LogP contribution in [0, 0.1) is 5.92 Å². The smallest absolute Gasteiger partial charge is 0.252 e. The topological polar surface area (TPSA) is 93.5 Å². The lowest BCUT2D eigenvalue weighted by molar-refractivity contribution is -0.128. The summed E-state index contributed by atoms with van der Waals surface area (Å²) in [6.07, 6.45) is 3.09. The van der Waals surface area contributed by atoms with Gasteiger partial charge in [-0.25, -0.2) is 0 Å². The molecule has 1 aromatic rings. The van der Waals surface area contributed by atoms with E-state index in [9.17, 15) is 9.59 Å². The number of rotatable bonds is 8. The molecule has 0 spiro atoms. The molecule has 0 unspecified atom stereocenters. The summed E-state index contributed by atoms with van der Waals surface area (Å²) >= 11 is 5.99.